The van der Waals surface area contributed by atoms with Crippen molar-refractivity contribution in [1.29, 1.82) is 0 Å². The zero-order chi connectivity index (χ0) is 9.26. The summed E-state index contributed by atoms with van der Waals surface area (Å²) in [6, 6.07) is 1.94. The van der Waals surface area contributed by atoms with Gasteiger partial charge in [0, 0.05) is 18.1 Å². The fraction of sp³-hybridized carbons (Fsp3) is 0.250. The largest absolute Gasteiger partial charge is 0.263 e. The molecular formula is C8H8ClN3S. The van der Waals surface area contributed by atoms with Gasteiger partial charge in [-0.3, -0.25) is 4.68 Å². The Morgan fingerprint density at radius 1 is 1.62 bits per heavy atom. The van der Waals surface area contributed by atoms with Crippen LogP contribution in [0.25, 0.3) is 10.7 Å². The second kappa shape index (κ2) is 3.47. The molecule has 0 fully saturated rings. The number of thiazole rings is 1. The molecule has 0 bridgehead atoms. The number of hydrogen-bond donors (Lipinski definition) is 0. The average Bonchev–Trinajstić information content (AvgIpc) is 2.71. The van der Waals surface area contributed by atoms with Gasteiger partial charge in [-0.1, -0.05) is 11.6 Å². The third kappa shape index (κ3) is 1.59. The molecule has 5 heteroatoms. The van der Waals surface area contributed by atoms with Crippen LogP contribution in [0.5, 0.6) is 0 Å². The highest BCUT2D eigenvalue weighted by Gasteiger charge is 2.07. The van der Waals surface area contributed by atoms with E-state index in [9.17, 15) is 0 Å². The third-order valence-corrected chi connectivity index (χ3v) is 2.90. The zero-order valence-corrected chi connectivity index (χ0v) is 8.64. The number of halogens is 1. The van der Waals surface area contributed by atoms with E-state index in [0.29, 0.717) is 5.15 Å². The number of hydrogen-bond acceptors (Lipinski definition) is 3. The van der Waals surface area contributed by atoms with E-state index in [0.717, 1.165) is 17.2 Å². The third-order valence-electron chi connectivity index (χ3n) is 1.71. The molecule has 3 nitrogen and oxygen atoms in total. The Labute approximate surface area is 85.0 Å². The van der Waals surface area contributed by atoms with E-state index >= 15 is 0 Å². The summed E-state index contributed by atoms with van der Waals surface area (Å²) < 4.78 is 1.90. The molecule has 0 aliphatic carbocycles. The Hall–Kier alpha value is -0.870. The second-order valence-electron chi connectivity index (χ2n) is 2.51. The highest BCUT2D eigenvalue weighted by molar-refractivity contribution is 7.13. The number of rotatable bonds is 2. The van der Waals surface area contributed by atoms with Gasteiger partial charge in [0.05, 0.1) is 5.69 Å². The predicted molar refractivity (Wildman–Crippen MR) is 54.0 cm³/mol. The first kappa shape index (κ1) is 8.72. The van der Waals surface area contributed by atoms with Gasteiger partial charge in [-0.25, -0.2) is 4.98 Å². The summed E-state index contributed by atoms with van der Waals surface area (Å²) in [6.45, 7) is 2.89. The van der Waals surface area contributed by atoms with Crippen LogP contribution in [0, 0.1) is 0 Å². The molecule has 0 amide bonds. The van der Waals surface area contributed by atoms with Crippen molar-refractivity contribution in [3.63, 3.8) is 0 Å². The summed E-state index contributed by atoms with van der Waals surface area (Å²) in [5.41, 5.74) is 1.03. The van der Waals surface area contributed by atoms with Crippen LogP contribution in [0.4, 0.5) is 0 Å². The zero-order valence-electron chi connectivity index (χ0n) is 7.07. The van der Waals surface area contributed by atoms with Gasteiger partial charge in [0.2, 0.25) is 0 Å². The van der Waals surface area contributed by atoms with Crippen LogP contribution in [0.15, 0.2) is 17.6 Å². The first-order chi connectivity index (χ1) is 6.31. The maximum Gasteiger partial charge on any atom is 0.143 e. The Bertz CT molecular complexity index is 407. The molecule has 68 valence electrons. The van der Waals surface area contributed by atoms with Crippen LogP contribution in [-0.4, -0.2) is 14.8 Å². The molecule has 0 atom stereocenters. The topological polar surface area (TPSA) is 30.7 Å². The molecular weight excluding hydrogens is 206 g/mol. The van der Waals surface area contributed by atoms with Gasteiger partial charge in [0.15, 0.2) is 0 Å². The van der Waals surface area contributed by atoms with Crippen molar-refractivity contribution in [2.24, 2.45) is 0 Å². The molecule has 0 radical (unpaired) electrons. The standard InChI is InChI=1S/C8H8ClN3S/c1-2-12-6(3-4-10-12)8-11-7(9)5-13-8/h3-5H,2H2,1H3. The lowest BCUT2D eigenvalue weighted by Gasteiger charge is -1.99. The van der Waals surface area contributed by atoms with Crippen LogP contribution >= 0.6 is 22.9 Å². The monoisotopic (exact) mass is 213 g/mol. The van der Waals surface area contributed by atoms with Crippen molar-refractivity contribution in [2.45, 2.75) is 13.5 Å². The van der Waals surface area contributed by atoms with Gasteiger partial charge >= 0.3 is 0 Å². The summed E-state index contributed by atoms with van der Waals surface area (Å²) in [5.74, 6) is 0. The SMILES string of the molecule is CCn1nccc1-c1nc(Cl)cs1. The Morgan fingerprint density at radius 2 is 2.46 bits per heavy atom. The lowest BCUT2D eigenvalue weighted by Crippen LogP contribution is -1.98. The minimum absolute atomic E-state index is 0.545. The normalized spacial score (nSPS) is 10.6. The molecule has 2 aromatic rings. The van der Waals surface area contributed by atoms with Gasteiger partial charge in [-0.2, -0.15) is 5.10 Å². The van der Waals surface area contributed by atoms with Gasteiger partial charge in [-0.05, 0) is 13.0 Å². The van der Waals surface area contributed by atoms with E-state index in [1.165, 1.54) is 11.3 Å². The quantitative estimate of drug-likeness (QED) is 0.768. The van der Waals surface area contributed by atoms with Crippen LogP contribution in [0.3, 0.4) is 0 Å². The molecule has 2 rings (SSSR count). The van der Waals surface area contributed by atoms with Crippen LogP contribution in [0.2, 0.25) is 5.15 Å². The van der Waals surface area contributed by atoms with Gasteiger partial charge in [0.25, 0.3) is 0 Å². The maximum atomic E-state index is 5.74. The van der Waals surface area contributed by atoms with Crippen molar-refractivity contribution >= 4 is 22.9 Å². The Kier molecular flexibility index (Phi) is 2.33. The van der Waals surface area contributed by atoms with Crippen molar-refractivity contribution in [3.8, 4) is 10.7 Å². The number of nitrogens with zero attached hydrogens (tertiary/aromatic N) is 3. The van der Waals surface area contributed by atoms with Gasteiger partial charge in [0.1, 0.15) is 10.2 Å². The summed E-state index contributed by atoms with van der Waals surface area (Å²) in [6.07, 6.45) is 1.77. The Balaban J connectivity index is 2.45. The molecule has 0 spiro atoms. The van der Waals surface area contributed by atoms with Crippen molar-refractivity contribution in [1.82, 2.24) is 14.8 Å². The summed E-state index contributed by atoms with van der Waals surface area (Å²) in [4.78, 5) is 4.18. The molecule has 0 saturated heterocycles. The smallest absolute Gasteiger partial charge is 0.143 e. The van der Waals surface area contributed by atoms with E-state index < -0.39 is 0 Å². The van der Waals surface area contributed by atoms with Crippen LogP contribution in [-0.2, 0) is 6.54 Å². The summed E-state index contributed by atoms with van der Waals surface area (Å²) >= 11 is 7.28. The van der Waals surface area contributed by atoms with Crippen molar-refractivity contribution < 1.29 is 0 Å². The first-order valence-corrected chi connectivity index (χ1v) is 5.20. The van der Waals surface area contributed by atoms with E-state index in [2.05, 4.69) is 10.1 Å². The molecule has 0 aromatic carbocycles. The van der Waals surface area contributed by atoms with Crippen LogP contribution in [0.1, 0.15) is 6.92 Å². The highest BCUT2D eigenvalue weighted by Crippen LogP contribution is 2.25. The first-order valence-electron chi connectivity index (χ1n) is 3.94. The molecule has 0 saturated carbocycles. The van der Waals surface area contributed by atoms with Crippen LogP contribution < -0.4 is 0 Å². The van der Waals surface area contributed by atoms with Crippen molar-refractivity contribution in [3.05, 3.63) is 22.8 Å². The summed E-state index contributed by atoms with van der Waals surface area (Å²) in [5, 5.41) is 7.45. The fourth-order valence-electron chi connectivity index (χ4n) is 1.14. The van der Waals surface area contributed by atoms with E-state index in [4.69, 9.17) is 11.6 Å². The maximum absolute atomic E-state index is 5.74. The predicted octanol–water partition coefficient (Wildman–Crippen LogP) is 2.68. The van der Waals surface area contributed by atoms with Gasteiger partial charge in [-0.15, -0.1) is 11.3 Å². The minimum atomic E-state index is 0.545. The fourth-order valence-corrected chi connectivity index (χ4v) is 2.11. The second-order valence-corrected chi connectivity index (χ2v) is 3.75. The Morgan fingerprint density at radius 3 is 3.08 bits per heavy atom. The number of aromatic nitrogens is 3. The molecule has 13 heavy (non-hydrogen) atoms. The van der Waals surface area contributed by atoms with E-state index in [1.807, 2.05) is 23.1 Å². The molecule has 0 aliphatic rings. The summed E-state index contributed by atoms with van der Waals surface area (Å²) in [7, 11) is 0. The highest BCUT2D eigenvalue weighted by atomic mass is 35.5. The van der Waals surface area contributed by atoms with Gasteiger partial charge < -0.3 is 0 Å². The van der Waals surface area contributed by atoms with E-state index in [1.54, 1.807) is 6.20 Å². The van der Waals surface area contributed by atoms with E-state index in [-0.39, 0.29) is 0 Å². The molecule has 0 N–H and O–H groups in total. The number of aryl methyl sites for hydroxylation is 1. The lowest BCUT2D eigenvalue weighted by atomic mass is 10.4. The molecule has 2 aromatic heterocycles. The average molecular weight is 214 g/mol. The molecule has 0 unspecified atom stereocenters. The minimum Gasteiger partial charge on any atom is -0.263 e. The van der Waals surface area contributed by atoms with Crippen molar-refractivity contribution in [2.75, 3.05) is 0 Å². The molecule has 2 heterocycles. The molecule has 0 aliphatic heterocycles. The lowest BCUT2D eigenvalue weighted by molar-refractivity contribution is 0.667.